The van der Waals surface area contributed by atoms with E-state index in [1.54, 1.807) is 0 Å². The SMILES string of the molecule is Cc1ccc2cn(CC3CCOC3)nc2n1. The van der Waals surface area contributed by atoms with Crippen molar-refractivity contribution in [2.45, 2.75) is 19.9 Å². The Morgan fingerprint density at radius 2 is 2.44 bits per heavy atom. The number of ether oxygens (including phenoxy) is 1. The fraction of sp³-hybridized carbons (Fsp3) is 0.500. The normalized spacial score (nSPS) is 20.7. The summed E-state index contributed by atoms with van der Waals surface area (Å²) in [5.41, 5.74) is 1.86. The van der Waals surface area contributed by atoms with Crippen molar-refractivity contribution >= 4 is 11.0 Å². The van der Waals surface area contributed by atoms with Crippen molar-refractivity contribution in [2.75, 3.05) is 13.2 Å². The molecule has 16 heavy (non-hydrogen) atoms. The molecule has 1 saturated heterocycles. The quantitative estimate of drug-likeness (QED) is 0.769. The van der Waals surface area contributed by atoms with Crippen LogP contribution in [0.3, 0.4) is 0 Å². The fourth-order valence-corrected chi connectivity index (χ4v) is 2.13. The maximum Gasteiger partial charge on any atom is 0.181 e. The highest BCUT2D eigenvalue weighted by Gasteiger charge is 2.16. The summed E-state index contributed by atoms with van der Waals surface area (Å²) in [4.78, 5) is 4.41. The van der Waals surface area contributed by atoms with Crippen LogP contribution in [0.25, 0.3) is 11.0 Å². The van der Waals surface area contributed by atoms with Gasteiger partial charge in [0.2, 0.25) is 0 Å². The van der Waals surface area contributed by atoms with E-state index in [1.807, 2.05) is 17.7 Å². The molecule has 2 aromatic rings. The van der Waals surface area contributed by atoms with Crippen LogP contribution in [0.4, 0.5) is 0 Å². The van der Waals surface area contributed by atoms with Gasteiger partial charge in [-0.3, -0.25) is 4.68 Å². The van der Waals surface area contributed by atoms with Gasteiger partial charge in [-0.1, -0.05) is 0 Å². The maximum atomic E-state index is 5.37. The molecule has 3 heterocycles. The lowest BCUT2D eigenvalue weighted by atomic mass is 10.1. The Morgan fingerprint density at radius 3 is 3.25 bits per heavy atom. The summed E-state index contributed by atoms with van der Waals surface area (Å²) in [6, 6.07) is 4.10. The number of pyridine rings is 1. The second kappa shape index (κ2) is 3.87. The van der Waals surface area contributed by atoms with Crippen molar-refractivity contribution in [3.05, 3.63) is 24.0 Å². The van der Waals surface area contributed by atoms with Gasteiger partial charge in [0.15, 0.2) is 5.65 Å². The summed E-state index contributed by atoms with van der Waals surface area (Å²) in [5, 5.41) is 5.60. The Balaban J connectivity index is 1.86. The predicted molar refractivity (Wildman–Crippen MR) is 61.2 cm³/mol. The third-order valence-electron chi connectivity index (χ3n) is 3.03. The first-order valence-corrected chi connectivity index (χ1v) is 5.70. The van der Waals surface area contributed by atoms with E-state index in [0.717, 1.165) is 42.9 Å². The minimum Gasteiger partial charge on any atom is -0.381 e. The van der Waals surface area contributed by atoms with Crippen LogP contribution in [0.5, 0.6) is 0 Å². The van der Waals surface area contributed by atoms with Crippen LogP contribution >= 0.6 is 0 Å². The molecular weight excluding hydrogens is 202 g/mol. The van der Waals surface area contributed by atoms with Crippen LogP contribution in [-0.4, -0.2) is 28.0 Å². The van der Waals surface area contributed by atoms with Gasteiger partial charge in [-0.25, -0.2) is 4.98 Å². The van der Waals surface area contributed by atoms with Crippen LogP contribution in [0, 0.1) is 12.8 Å². The summed E-state index contributed by atoms with van der Waals surface area (Å²) in [6.45, 7) is 4.68. The largest absolute Gasteiger partial charge is 0.381 e. The lowest BCUT2D eigenvalue weighted by Crippen LogP contribution is -2.10. The molecule has 2 aromatic heterocycles. The molecule has 4 heteroatoms. The molecule has 1 aliphatic heterocycles. The minimum absolute atomic E-state index is 0.607. The molecule has 1 unspecified atom stereocenters. The lowest BCUT2D eigenvalue weighted by Gasteiger charge is -2.05. The molecule has 0 radical (unpaired) electrons. The standard InChI is InChI=1S/C12H15N3O/c1-9-2-3-11-7-15(14-12(11)13-9)6-10-4-5-16-8-10/h2-3,7,10H,4-6,8H2,1H3. The van der Waals surface area contributed by atoms with Crippen LogP contribution in [0.1, 0.15) is 12.1 Å². The third-order valence-corrected chi connectivity index (χ3v) is 3.03. The molecule has 1 atom stereocenters. The van der Waals surface area contributed by atoms with Gasteiger partial charge in [-0.2, -0.15) is 5.10 Å². The second-order valence-electron chi connectivity index (χ2n) is 4.45. The van der Waals surface area contributed by atoms with E-state index in [4.69, 9.17) is 4.74 Å². The monoisotopic (exact) mass is 217 g/mol. The molecule has 84 valence electrons. The number of fused-ring (bicyclic) bond motifs is 1. The molecule has 1 fully saturated rings. The zero-order valence-corrected chi connectivity index (χ0v) is 9.39. The molecule has 0 bridgehead atoms. The molecule has 0 amide bonds. The van der Waals surface area contributed by atoms with Crippen LogP contribution in [0.2, 0.25) is 0 Å². The Labute approximate surface area is 94.2 Å². The van der Waals surface area contributed by atoms with Crippen molar-refractivity contribution in [1.29, 1.82) is 0 Å². The highest BCUT2D eigenvalue weighted by molar-refractivity contribution is 5.73. The van der Waals surface area contributed by atoms with Gasteiger partial charge in [0.25, 0.3) is 0 Å². The van der Waals surface area contributed by atoms with Gasteiger partial charge in [0, 0.05) is 36.3 Å². The zero-order chi connectivity index (χ0) is 11.0. The summed E-state index contributed by atoms with van der Waals surface area (Å²) in [7, 11) is 0. The van der Waals surface area contributed by atoms with Gasteiger partial charge in [-0.05, 0) is 25.5 Å². The van der Waals surface area contributed by atoms with E-state index in [2.05, 4.69) is 22.3 Å². The fourth-order valence-electron chi connectivity index (χ4n) is 2.13. The lowest BCUT2D eigenvalue weighted by molar-refractivity contribution is 0.181. The van der Waals surface area contributed by atoms with Crippen LogP contribution in [-0.2, 0) is 11.3 Å². The number of nitrogens with zero attached hydrogens (tertiary/aromatic N) is 3. The molecule has 0 aromatic carbocycles. The molecule has 0 N–H and O–H groups in total. The van der Waals surface area contributed by atoms with Crippen LogP contribution < -0.4 is 0 Å². The van der Waals surface area contributed by atoms with Crippen LogP contribution in [0.15, 0.2) is 18.3 Å². The second-order valence-corrected chi connectivity index (χ2v) is 4.45. The molecule has 1 aliphatic rings. The number of hydrogen-bond donors (Lipinski definition) is 0. The average molecular weight is 217 g/mol. The Morgan fingerprint density at radius 1 is 1.50 bits per heavy atom. The summed E-state index contributed by atoms with van der Waals surface area (Å²) in [5.74, 6) is 0.607. The number of aromatic nitrogens is 3. The van der Waals surface area contributed by atoms with E-state index in [-0.39, 0.29) is 0 Å². The third kappa shape index (κ3) is 1.80. The van der Waals surface area contributed by atoms with E-state index in [1.165, 1.54) is 0 Å². The Hall–Kier alpha value is -1.42. The van der Waals surface area contributed by atoms with E-state index in [0.29, 0.717) is 5.92 Å². The molecule has 4 nitrogen and oxygen atoms in total. The van der Waals surface area contributed by atoms with Crippen molar-refractivity contribution in [3.8, 4) is 0 Å². The molecule has 3 rings (SSSR count). The highest BCUT2D eigenvalue weighted by Crippen LogP contribution is 2.16. The maximum absolute atomic E-state index is 5.37. The van der Waals surface area contributed by atoms with Crippen molar-refractivity contribution < 1.29 is 4.74 Å². The predicted octanol–water partition coefficient (Wildman–Crippen LogP) is 1.78. The zero-order valence-electron chi connectivity index (χ0n) is 9.39. The van der Waals surface area contributed by atoms with Gasteiger partial charge in [0.1, 0.15) is 0 Å². The van der Waals surface area contributed by atoms with Crippen molar-refractivity contribution in [2.24, 2.45) is 5.92 Å². The minimum atomic E-state index is 0.607. The van der Waals surface area contributed by atoms with Gasteiger partial charge >= 0.3 is 0 Å². The first-order chi connectivity index (χ1) is 7.81. The topological polar surface area (TPSA) is 39.9 Å². The molecule has 0 spiro atoms. The highest BCUT2D eigenvalue weighted by atomic mass is 16.5. The Bertz CT molecular complexity index is 500. The number of hydrogen-bond acceptors (Lipinski definition) is 3. The number of aryl methyl sites for hydroxylation is 1. The van der Waals surface area contributed by atoms with E-state index < -0.39 is 0 Å². The van der Waals surface area contributed by atoms with Crippen molar-refractivity contribution in [1.82, 2.24) is 14.8 Å². The number of rotatable bonds is 2. The van der Waals surface area contributed by atoms with E-state index in [9.17, 15) is 0 Å². The first-order valence-electron chi connectivity index (χ1n) is 5.70. The van der Waals surface area contributed by atoms with Gasteiger partial charge in [-0.15, -0.1) is 0 Å². The molecular formula is C12H15N3O. The first kappa shape index (κ1) is 9.78. The summed E-state index contributed by atoms with van der Waals surface area (Å²) in [6.07, 6.45) is 3.21. The smallest absolute Gasteiger partial charge is 0.181 e. The molecule has 0 aliphatic carbocycles. The van der Waals surface area contributed by atoms with Gasteiger partial charge in [0.05, 0.1) is 6.61 Å². The summed E-state index contributed by atoms with van der Waals surface area (Å²) < 4.78 is 7.36. The molecule has 0 saturated carbocycles. The average Bonchev–Trinajstić information content (AvgIpc) is 2.86. The van der Waals surface area contributed by atoms with Gasteiger partial charge < -0.3 is 4.74 Å². The van der Waals surface area contributed by atoms with Crippen molar-refractivity contribution in [3.63, 3.8) is 0 Å². The van der Waals surface area contributed by atoms with E-state index >= 15 is 0 Å². The Kier molecular flexibility index (Phi) is 2.36. The summed E-state index contributed by atoms with van der Waals surface area (Å²) >= 11 is 0.